The summed E-state index contributed by atoms with van der Waals surface area (Å²) >= 11 is 0. The van der Waals surface area contributed by atoms with Crippen molar-refractivity contribution in [2.24, 2.45) is 0 Å². The van der Waals surface area contributed by atoms with Gasteiger partial charge in [-0.2, -0.15) is 0 Å². The first-order chi connectivity index (χ1) is 17.4. The van der Waals surface area contributed by atoms with Crippen molar-refractivity contribution >= 4 is 34.1 Å². The predicted octanol–water partition coefficient (Wildman–Crippen LogP) is 5.82. The number of hydrogen-bond donors (Lipinski definition) is 6. The number of benzene rings is 4. The van der Waals surface area contributed by atoms with Gasteiger partial charge in [0.15, 0.2) is 35.6 Å². The lowest BCUT2D eigenvalue weighted by molar-refractivity contribution is 0.111. The molecule has 0 atom stereocenters. The molecule has 0 aromatic heterocycles. The molecule has 4 aromatic rings. The van der Waals surface area contributed by atoms with Crippen molar-refractivity contribution in [3.63, 3.8) is 0 Å². The van der Waals surface area contributed by atoms with E-state index < -0.39 is 34.5 Å². The number of rotatable bonds is 5. The predicted molar refractivity (Wildman–Crippen MR) is 141 cm³/mol. The van der Waals surface area contributed by atoms with Gasteiger partial charge in [0.05, 0.1) is 11.1 Å². The third-order valence-electron chi connectivity index (χ3n) is 7.07. The highest BCUT2D eigenvalue weighted by molar-refractivity contribution is 6.14. The Morgan fingerprint density at radius 1 is 0.676 bits per heavy atom. The van der Waals surface area contributed by atoms with E-state index >= 15 is 0 Å². The molecular weight excluding hydrogens is 476 g/mol. The minimum atomic E-state index is -0.660. The average molecular weight is 505 g/mol. The van der Waals surface area contributed by atoms with Crippen LogP contribution in [-0.4, -0.2) is 43.2 Å². The lowest BCUT2D eigenvalue weighted by atomic mass is 9.84. The van der Waals surface area contributed by atoms with Crippen molar-refractivity contribution in [2.75, 3.05) is 0 Å². The first-order valence-corrected chi connectivity index (χ1v) is 11.8. The van der Waals surface area contributed by atoms with E-state index in [-0.39, 0.29) is 38.9 Å². The largest absolute Gasteiger partial charge is 0.507 e. The Morgan fingerprint density at radius 2 is 1.11 bits per heavy atom. The highest BCUT2D eigenvalue weighted by Gasteiger charge is 2.29. The first kappa shape index (κ1) is 25.6. The van der Waals surface area contributed by atoms with Crippen LogP contribution >= 0.6 is 0 Å². The Bertz CT molecular complexity index is 1650. The summed E-state index contributed by atoms with van der Waals surface area (Å²) in [7, 11) is 0. The van der Waals surface area contributed by atoms with Gasteiger partial charge in [-0.15, -0.1) is 0 Å². The van der Waals surface area contributed by atoms with Crippen molar-refractivity contribution < 1.29 is 40.2 Å². The number of carbonyl (C=O) groups is 2. The fourth-order valence-corrected chi connectivity index (χ4v) is 5.42. The van der Waals surface area contributed by atoms with Crippen molar-refractivity contribution in [1.29, 1.82) is 0 Å². The Hall–Kier alpha value is -4.46. The normalized spacial score (nSPS) is 11.5. The van der Waals surface area contributed by atoms with E-state index in [9.17, 15) is 40.2 Å². The maximum atomic E-state index is 12.0. The van der Waals surface area contributed by atoms with Gasteiger partial charge in [0.1, 0.15) is 11.5 Å². The van der Waals surface area contributed by atoms with Crippen molar-refractivity contribution in [3.8, 4) is 45.6 Å². The topological polar surface area (TPSA) is 156 Å². The fourth-order valence-electron chi connectivity index (χ4n) is 5.42. The molecule has 8 nitrogen and oxygen atoms in total. The molecule has 0 fully saturated rings. The molecule has 0 spiro atoms. The minimum Gasteiger partial charge on any atom is -0.507 e. The van der Waals surface area contributed by atoms with E-state index in [1.165, 1.54) is 0 Å². The first-order valence-electron chi connectivity index (χ1n) is 11.8. The van der Waals surface area contributed by atoms with E-state index in [1.54, 1.807) is 46.8 Å². The van der Waals surface area contributed by atoms with Crippen LogP contribution in [0.1, 0.15) is 69.7 Å². The van der Waals surface area contributed by atoms with Crippen LogP contribution in [-0.2, 0) is 6.42 Å². The quantitative estimate of drug-likeness (QED) is 0.147. The number of hydrogen-bond acceptors (Lipinski definition) is 8. The third kappa shape index (κ3) is 3.43. The van der Waals surface area contributed by atoms with Gasteiger partial charge in [0.2, 0.25) is 0 Å². The number of phenols is 6. The molecule has 0 aliphatic heterocycles. The highest BCUT2D eigenvalue weighted by Crippen LogP contribution is 2.53. The summed E-state index contributed by atoms with van der Waals surface area (Å²) in [6, 6.07) is 3.30. The average Bonchev–Trinajstić information content (AvgIpc) is 2.83. The van der Waals surface area contributed by atoms with Gasteiger partial charge in [-0.05, 0) is 48.1 Å². The fraction of sp³-hybridized carbons (Fsp3) is 0.241. The van der Waals surface area contributed by atoms with Gasteiger partial charge >= 0.3 is 0 Å². The number of carbonyl (C=O) groups excluding carboxylic acids is 2. The second-order valence-corrected chi connectivity index (χ2v) is 9.54. The van der Waals surface area contributed by atoms with E-state index in [0.717, 1.165) is 0 Å². The molecule has 0 saturated heterocycles. The van der Waals surface area contributed by atoms with Gasteiger partial charge in [-0.3, -0.25) is 9.59 Å². The van der Waals surface area contributed by atoms with Crippen LogP contribution in [0.3, 0.4) is 0 Å². The number of aryl methyl sites for hydroxylation is 3. The van der Waals surface area contributed by atoms with Gasteiger partial charge in [0, 0.05) is 33.0 Å². The summed E-state index contributed by atoms with van der Waals surface area (Å²) in [6.07, 6.45) is 0.978. The second kappa shape index (κ2) is 8.89. The zero-order valence-electron chi connectivity index (χ0n) is 21.1. The lowest BCUT2D eigenvalue weighted by Crippen LogP contribution is -2.00. The molecule has 4 aromatic carbocycles. The number of phenolic OH excluding ortho intramolecular Hbond substituents is 6. The molecule has 0 aliphatic carbocycles. The molecule has 0 aliphatic rings. The second-order valence-electron chi connectivity index (χ2n) is 9.54. The molecular formula is C29H28O8. The molecule has 0 radical (unpaired) electrons. The molecule has 4 rings (SSSR count). The Balaban J connectivity index is 2.27. The summed E-state index contributed by atoms with van der Waals surface area (Å²) in [6.45, 7) is 8.70. The molecule has 8 heteroatoms. The minimum absolute atomic E-state index is 0.00640. The van der Waals surface area contributed by atoms with Crippen LogP contribution in [0.2, 0.25) is 0 Å². The van der Waals surface area contributed by atoms with Crippen LogP contribution in [0.5, 0.6) is 34.5 Å². The van der Waals surface area contributed by atoms with Gasteiger partial charge in [0.25, 0.3) is 0 Å². The SMILES string of the molecule is CCc1c(O)c(O)c(C=O)c2c(O)c(-c3c(C)cc4c(C(C)C)c(O)c(O)c(C=O)c4c3O)c(C)cc12. The van der Waals surface area contributed by atoms with Crippen molar-refractivity contribution in [1.82, 2.24) is 0 Å². The zero-order chi connectivity index (χ0) is 27.5. The molecule has 37 heavy (non-hydrogen) atoms. The zero-order valence-corrected chi connectivity index (χ0v) is 21.1. The molecule has 0 bridgehead atoms. The molecule has 192 valence electrons. The Morgan fingerprint density at radius 3 is 1.54 bits per heavy atom. The molecule has 0 saturated carbocycles. The van der Waals surface area contributed by atoms with Gasteiger partial charge in [-0.1, -0.05) is 32.9 Å². The highest BCUT2D eigenvalue weighted by atomic mass is 16.3. The summed E-state index contributed by atoms with van der Waals surface area (Å²) in [5.41, 5.74) is 1.34. The summed E-state index contributed by atoms with van der Waals surface area (Å²) in [5.74, 6) is -3.29. The smallest absolute Gasteiger partial charge is 0.169 e. The van der Waals surface area contributed by atoms with Crippen LogP contribution in [0.15, 0.2) is 12.1 Å². The summed E-state index contributed by atoms with van der Waals surface area (Å²) < 4.78 is 0. The monoisotopic (exact) mass is 504 g/mol. The summed E-state index contributed by atoms with van der Waals surface area (Å²) in [4.78, 5) is 23.9. The lowest BCUT2D eigenvalue weighted by Gasteiger charge is -2.22. The maximum absolute atomic E-state index is 12.0. The third-order valence-corrected chi connectivity index (χ3v) is 7.07. The van der Waals surface area contributed by atoms with Crippen LogP contribution in [0.4, 0.5) is 0 Å². The van der Waals surface area contributed by atoms with Gasteiger partial charge < -0.3 is 30.6 Å². The molecule has 0 amide bonds. The van der Waals surface area contributed by atoms with E-state index in [1.807, 2.05) is 0 Å². The maximum Gasteiger partial charge on any atom is 0.169 e. The van der Waals surface area contributed by atoms with Crippen molar-refractivity contribution in [2.45, 2.75) is 47.0 Å². The Kier molecular flexibility index (Phi) is 6.15. The van der Waals surface area contributed by atoms with E-state index in [2.05, 4.69) is 0 Å². The number of aldehydes is 2. The number of aromatic hydroxyl groups is 6. The van der Waals surface area contributed by atoms with E-state index in [4.69, 9.17) is 0 Å². The molecule has 6 N–H and O–H groups in total. The van der Waals surface area contributed by atoms with Crippen LogP contribution in [0, 0.1) is 13.8 Å². The van der Waals surface area contributed by atoms with Crippen molar-refractivity contribution in [3.05, 3.63) is 45.5 Å². The molecule has 0 unspecified atom stereocenters. The Labute approximate surface area is 212 Å². The standard InChI is InChI=1S/C29H28O8/c1-6-14-15-7-12(4)20(27(35)22(15)17(9-30)25(33)24(14)32)21-13(5)8-16-19(11(2)3)29(37)26(34)18(10-31)23(16)28(21)36/h7-11,32-37H,6H2,1-5H3. The van der Waals surface area contributed by atoms with Crippen LogP contribution in [0.25, 0.3) is 32.7 Å². The van der Waals surface area contributed by atoms with E-state index in [0.29, 0.717) is 52.0 Å². The van der Waals surface area contributed by atoms with Crippen LogP contribution < -0.4 is 0 Å². The molecule has 0 heterocycles. The number of fused-ring (bicyclic) bond motifs is 2. The summed E-state index contributed by atoms with van der Waals surface area (Å²) in [5, 5.41) is 65.9. The van der Waals surface area contributed by atoms with Gasteiger partial charge in [-0.25, -0.2) is 0 Å².